The number of rotatable bonds is 5. The number of hydrogen-bond acceptors (Lipinski definition) is 5. The van der Waals surface area contributed by atoms with Crippen LogP contribution in [0.1, 0.15) is 17.4 Å². The summed E-state index contributed by atoms with van der Waals surface area (Å²) < 4.78 is 20.5. The lowest BCUT2D eigenvalue weighted by molar-refractivity contribution is -0.119. The maximum atomic E-state index is 15.2. The summed E-state index contributed by atoms with van der Waals surface area (Å²) in [6.45, 7) is 4.48. The van der Waals surface area contributed by atoms with Crippen LogP contribution in [0.15, 0.2) is 48.5 Å². The van der Waals surface area contributed by atoms with Crippen molar-refractivity contribution < 1.29 is 23.5 Å². The molecule has 0 spiro atoms. The molecule has 3 aliphatic rings. The van der Waals surface area contributed by atoms with Crippen molar-refractivity contribution in [2.45, 2.75) is 13.0 Å². The van der Waals surface area contributed by atoms with E-state index in [0.29, 0.717) is 43.2 Å². The summed E-state index contributed by atoms with van der Waals surface area (Å²) in [6.07, 6.45) is -1.04. The summed E-state index contributed by atoms with van der Waals surface area (Å²) >= 11 is 0. The Bertz CT molecular complexity index is 1340. The molecular formula is C27H28FN5O4. The minimum Gasteiger partial charge on any atom is -0.442 e. The van der Waals surface area contributed by atoms with Crippen LogP contribution in [0.3, 0.4) is 0 Å². The molecule has 0 radical (unpaired) electrons. The molecule has 3 fully saturated rings. The van der Waals surface area contributed by atoms with E-state index in [-0.39, 0.29) is 36.7 Å². The van der Waals surface area contributed by atoms with Gasteiger partial charge in [0.1, 0.15) is 17.6 Å². The number of para-hydroxylation sites is 1. The van der Waals surface area contributed by atoms with E-state index >= 15 is 4.39 Å². The van der Waals surface area contributed by atoms with Crippen molar-refractivity contribution in [3.8, 4) is 0 Å². The number of carbonyl (C=O) groups excluding carboxylic acids is 3. The van der Waals surface area contributed by atoms with Crippen LogP contribution < -0.4 is 15.1 Å². The number of hydrogen-bond donors (Lipinski definition) is 2. The minimum atomic E-state index is -0.557. The van der Waals surface area contributed by atoms with Gasteiger partial charge in [0.2, 0.25) is 5.91 Å². The zero-order chi connectivity index (χ0) is 25.7. The molecule has 3 atom stereocenters. The highest BCUT2D eigenvalue weighted by Gasteiger charge is 2.42. The largest absolute Gasteiger partial charge is 0.442 e. The summed E-state index contributed by atoms with van der Waals surface area (Å²) in [5.41, 5.74) is 2.46. The number of aromatic nitrogens is 1. The van der Waals surface area contributed by atoms with Crippen LogP contribution in [0, 0.1) is 17.7 Å². The molecule has 0 unspecified atom stereocenters. The summed E-state index contributed by atoms with van der Waals surface area (Å²) in [6, 6.07) is 14.5. The molecule has 37 heavy (non-hydrogen) atoms. The van der Waals surface area contributed by atoms with E-state index in [1.54, 1.807) is 12.1 Å². The summed E-state index contributed by atoms with van der Waals surface area (Å²) in [5.74, 6) is -0.0554. The number of nitrogens with one attached hydrogen (secondary N) is 2. The van der Waals surface area contributed by atoms with Crippen molar-refractivity contribution >= 4 is 40.2 Å². The van der Waals surface area contributed by atoms with Crippen LogP contribution in [0.25, 0.3) is 10.9 Å². The number of amides is 3. The van der Waals surface area contributed by atoms with Crippen molar-refractivity contribution in [3.63, 3.8) is 0 Å². The van der Waals surface area contributed by atoms with E-state index in [0.717, 1.165) is 10.9 Å². The number of likely N-dealkylation sites (tertiary alicyclic amines) is 1. The number of H-pyrrole nitrogens is 1. The highest BCUT2D eigenvalue weighted by Crippen LogP contribution is 2.37. The van der Waals surface area contributed by atoms with Crippen LogP contribution in [0.5, 0.6) is 0 Å². The highest BCUT2D eigenvalue weighted by molar-refractivity contribution is 5.98. The Morgan fingerprint density at radius 2 is 1.81 bits per heavy atom. The Hall–Kier alpha value is -4.08. The van der Waals surface area contributed by atoms with Crippen molar-refractivity contribution in [1.29, 1.82) is 0 Å². The fraction of sp³-hybridized carbons (Fsp3) is 0.370. The number of aromatic amines is 1. The topological polar surface area (TPSA) is 98.0 Å². The monoisotopic (exact) mass is 505 g/mol. The molecule has 3 saturated heterocycles. The van der Waals surface area contributed by atoms with Gasteiger partial charge in [-0.3, -0.25) is 14.5 Å². The second-order valence-corrected chi connectivity index (χ2v) is 10.1. The first kappa shape index (κ1) is 23.3. The third-order valence-corrected chi connectivity index (χ3v) is 7.57. The highest BCUT2D eigenvalue weighted by atomic mass is 19.1. The van der Waals surface area contributed by atoms with Gasteiger partial charge in [0.25, 0.3) is 5.91 Å². The van der Waals surface area contributed by atoms with Crippen LogP contribution in [-0.4, -0.2) is 73.2 Å². The molecule has 192 valence electrons. The van der Waals surface area contributed by atoms with Crippen LogP contribution >= 0.6 is 0 Å². The van der Waals surface area contributed by atoms with Crippen LogP contribution in [0.2, 0.25) is 0 Å². The van der Waals surface area contributed by atoms with Gasteiger partial charge in [-0.2, -0.15) is 0 Å². The SMILES string of the molecule is CC(=O)NC[C@H]1CN(c2ccc(N3C[C@H]4CN(C(=O)c5cc6ccccc6[nH]5)C[C@@H]4C3)c(F)c2)C(=O)O1. The fourth-order valence-corrected chi connectivity index (χ4v) is 5.73. The fourth-order valence-electron chi connectivity index (χ4n) is 5.73. The molecule has 1 aromatic heterocycles. The van der Waals surface area contributed by atoms with Crippen LogP contribution in [-0.2, 0) is 9.53 Å². The normalized spacial score (nSPS) is 23.0. The first-order valence-electron chi connectivity index (χ1n) is 12.5. The molecule has 0 bridgehead atoms. The minimum absolute atomic E-state index is 0.00184. The van der Waals surface area contributed by atoms with Crippen molar-refractivity contribution in [2.24, 2.45) is 11.8 Å². The Balaban J connectivity index is 1.09. The Morgan fingerprint density at radius 3 is 2.51 bits per heavy atom. The maximum absolute atomic E-state index is 15.2. The number of anilines is 2. The average Bonchev–Trinajstić information content (AvgIpc) is 3.64. The maximum Gasteiger partial charge on any atom is 0.414 e. The zero-order valence-electron chi connectivity index (χ0n) is 20.4. The van der Waals surface area contributed by atoms with E-state index in [4.69, 9.17) is 4.74 Å². The second kappa shape index (κ2) is 9.10. The van der Waals surface area contributed by atoms with Gasteiger partial charge in [0.05, 0.1) is 24.5 Å². The Morgan fingerprint density at radius 1 is 1.05 bits per heavy atom. The van der Waals surface area contributed by atoms with Crippen molar-refractivity contribution in [3.05, 3.63) is 60.0 Å². The van der Waals surface area contributed by atoms with E-state index < -0.39 is 18.0 Å². The predicted octanol–water partition coefficient (Wildman–Crippen LogP) is 2.98. The predicted molar refractivity (Wildman–Crippen MR) is 136 cm³/mol. The molecule has 0 saturated carbocycles. The molecule has 3 amide bonds. The van der Waals surface area contributed by atoms with Gasteiger partial charge in [-0.15, -0.1) is 0 Å². The van der Waals surface area contributed by atoms with Gasteiger partial charge < -0.3 is 24.8 Å². The van der Waals surface area contributed by atoms with Crippen molar-refractivity contribution in [1.82, 2.24) is 15.2 Å². The Labute approximate surface area is 213 Å². The second-order valence-electron chi connectivity index (χ2n) is 10.1. The van der Waals surface area contributed by atoms with Gasteiger partial charge >= 0.3 is 6.09 Å². The van der Waals surface area contributed by atoms with E-state index in [2.05, 4.69) is 10.3 Å². The first-order valence-corrected chi connectivity index (χ1v) is 12.5. The molecule has 2 aromatic carbocycles. The molecule has 6 rings (SSSR count). The molecule has 2 N–H and O–H groups in total. The lowest BCUT2D eigenvalue weighted by Gasteiger charge is -2.24. The van der Waals surface area contributed by atoms with Gasteiger partial charge in [-0.25, -0.2) is 9.18 Å². The van der Waals surface area contributed by atoms with Crippen LogP contribution in [0.4, 0.5) is 20.6 Å². The third-order valence-electron chi connectivity index (χ3n) is 7.57. The smallest absolute Gasteiger partial charge is 0.414 e. The standard InChI is InChI=1S/C27H28FN5O4/c1-16(34)29-10-21-15-33(27(36)37-21)20-6-7-25(22(28)9-20)31-11-18-13-32(14-19(18)12-31)26(35)24-8-17-4-2-3-5-23(17)30-24/h2-9,18-19,21,30H,10-15H2,1H3,(H,29,34)/t18-,19-,21-/m0/s1. The average molecular weight is 506 g/mol. The number of nitrogens with zero attached hydrogens (tertiary/aromatic N) is 3. The quantitative estimate of drug-likeness (QED) is 0.556. The Kier molecular flexibility index (Phi) is 5.73. The molecule has 10 heteroatoms. The van der Waals surface area contributed by atoms with Gasteiger partial charge in [-0.05, 0) is 30.3 Å². The van der Waals surface area contributed by atoms with Gasteiger partial charge in [0.15, 0.2) is 0 Å². The number of halogens is 1. The molecule has 0 aliphatic carbocycles. The van der Waals surface area contributed by atoms with Crippen molar-refractivity contribution in [2.75, 3.05) is 49.1 Å². The lowest BCUT2D eigenvalue weighted by Crippen LogP contribution is -2.34. The summed E-state index contributed by atoms with van der Waals surface area (Å²) in [5, 5.41) is 3.65. The van der Waals surface area contributed by atoms with E-state index in [1.165, 1.54) is 17.9 Å². The lowest BCUT2D eigenvalue weighted by atomic mass is 10.0. The number of benzene rings is 2. The van der Waals surface area contributed by atoms with E-state index in [1.807, 2.05) is 40.1 Å². The first-order chi connectivity index (χ1) is 17.9. The van der Waals surface area contributed by atoms with Gasteiger partial charge in [-0.1, -0.05) is 18.2 Å². The third kappa shape index (κ3) is 4.36. The zero-order valence-corrected chi connectivity index (χ0v) is 20.4. The number of ether oxygens (including phenoxy) is 1. The molecule has 3 aromatic rings. The molecular weight excluding hydrogens is 477 g/mol. The number of cyclic esters (lactones) is 1. The molecule has 3 aliphatic heterocycles. The number of carbonyl (C=O) groups is 3. The number of fused-ring (bicyclic) bond motifs is 2. The summed E-state index contributed by atoms with van der Waals surface area (Å²) in [4.78, 5) is 45.0. The summed E-state index contributed by atoms with van der Waals surface area (Å²) in [7, 11) is 0. The van der Waals surface area contributed by atoms with E-state index in [9.17, 15) is 14.4 Å². The molecule has 4 heterocycles. The van der Waals surface area contributed by atoms with Gasteiger partial charge in [0, 0.05) is 55.8 Å². The molecule has 9 nitrogen and oxygen atoms in total.